The Morgan fingerprint density at radius 2 is 1.91 bits per heavy atom. The number of rotatable bonds is 10. The lowest BCUT2D eigenvalue weighted by atomic mass is 9.97. The lowest BCUT2D eigenvalue weighted by Gasteiger charge is -2.33. The molecule has 0 fully saturated rings. The molecule has 2 heterocycles. The van der Waals surface area contributed by atoms with Gasteiger partial charge in [0, 0.05) is 54.0 Å². The zero-order chi connectivity index (χ0) is 23.8. The third-order valence-corrected chi connectivity index (χ3v) is 7.25. The number of hydrogen-bond donors (Lipinski definition) is 3. The Hall–Kier alpha value is -2.63. The number of thiocarbonyl (C=S) groups is 1. The van der Waals surface area contributed by atoms with Crippen LogP contribution in [-0.2, 0) is 6.42 Å². The van der Waals surface area contributed by atoms with Gasteiger partial charge in [-0.15, -0.1) is 0 Å². The number of aromatic amines is 1. The zero-order valence-electron chi connectivity index (χ0n) is 20.6. The van der Waals surface area contributed by atoms with Gasteiger partial charge in [0.1, 0.15) is 0 Å². The molecular formula is C29H38N4S. The second-order valence-corrected chi connectivity index (χ2v) is 9.64. The molecule has 4 nitrogen and oxygen atoms in total. The highest BCUT2D eigenvalue weighted by molar-refractivity contribution is 7.80. The number of anilines is 1. The van der Waals surface area contributed by atoms with E-state index < -0.39 is 0 Å². The Kier molecular flexibility index (Phi) is 8.78. The van der Waals surface area contributed by atoms with E-state index in [-0.39, 0.29) is 0 Å². The van der Waals surface area contributed by atoms with E-state index in [0.29, 0.717) is 11.2 Å². The van der Waals surface area contributed by atoms with Gasteiger partial charge in [0.2, 0.25) is 0 Å². The molecule has 0 aliphatic carbocycles. The number of H-pyrrole nitrogens is 1. The van der Waals surface area contributed by atoms with Gasteiger partial charge in [-0.25, -0.2) is 0 Å². The van der Waals surface area contributed by atoms with Gasteiger partial charge in [0.25, 0.3) is 0 Å². The van der Waals surface area contributed by atoms with Crippen molar-refractivity contribution in [1.82, 2.24) is 15.2 Å². The monoisotopic (exact) mass is 474 g/mol. The normalized spacial score (nSPS) is 14.4. The van der Waals surface area contributed by atoms with Crippen LogP contribution in [0.25, 0.3) is 16.5 Å². The molecule has 0 unspecified atom stereocenters. The number of nitrogens with one attached hydrogen (secondary N) is 3. The highest BCUT2D eigenvalue weighted by Gasteiger charge is 2.20. The van der Waals surface area contributed by atoms with E-state index >= 15 is 0 Å². The summed E-state index contributed by atoms with van der Waals surface area (Å²) in [7, 11) is 0. The van der Waals surface area contributed by atoms with E-state index in [1.807, 2.05) is 0 Å². The predicted molar refractivity (Wildman–Crippen MR) is 150 cm³/mol. The maximum atomic E-state index is 5.55. The molecule has 3 aromatic rings. The summed E-state index contributed by atoms with van der Waals surface area (Å²) in [6.45, 7) is 7.67. The Morgan fingerprint density at radius 1 is 1.09 bits per heavy atom. The minimum absolute atomic E-state index is 0.689. The van der Waals surface area contributed by atoms with Gasteiger partial charge >= 0.3 is 0 Å². The topological polar surface area (TPSA) is 43.1 Å². The molecule has 0 atom stereocenters. The quantitative estimate of drug-likeness (QED) is 0.224. The molecule has 0 bridgehead atoms. The van der Waals surface area contributed by atoms with Crippen molar-refractivity contribution in [3.8, 4) is 0 Å². The van der Waals surface area contributed by atoms with Crippen molar-refractivity contribution < 1.29 is 0 Å². The first-order chi connectivity index (χ1) is 16.7. The Bertz CT molecular complexity index is 1100. The summed E-state index contributed by atoms with van der Waals surface area (Å²) in [6.07, 6.45) is 11.5. The van der Waals surface area contributed by atoms with Crippen LogP contribution in [0.2, 0.25) is 0 Å². The first kappa shape index (κ1) is 24.5. The van der Waals surface area contributed by atoms with Crippen molar-refractivity contribution in [3.63, 3.8) is 0 Å². The van der Waals surface area contributed by atoms with E-state index in [2.05, 4.69) is 95.2 Å². The third kappa shape index (κ3) is 6.28. The minimum atomic E-state index is 0.689. The van der Waals surface area contributed by atoms with E-state index in [1.165, 1.54) is 40.4 Å². The van der Waals surface area contributed by atoms with Gasteiger partial charge in [-0.2, -0.15) is 0 Å². The summed E-state index contributed by atoms with van der Waals surface area (Å²) >= 11 is 5.55. The van der Waals surface area contributed by atoms with Gasteiger partial charge < -0.3 is 15.6 Å². The second-order valence-electron chi connectivity index (χ2n) is 9.23. The van der Waals surface area contributed by atoms with Crippen molar-refractivity contribution in [2.24, 2.45) is 0 Å². The van der Waals surface area contributed by atoms with Gasteiger partial charge in [0.05, 0.1) is 0 Å². The Morgan fingerprint density at radius 3 is 2.65 bits per heavy atom. The molecule has 2 aromatic carbocycles. The fourth-order valence-electron chi connectivity index (χ4n) is 5.01. The van der Waals surface area contributed by atoms with E-state index in [0.717, 1.165) is 51.0 Å². The molecule has 34 heavy (non-hydrogen) atoms. The van der Waals surface area contributed by atoms with Crippen LogP contribution in [0.3, 0.4) is 0 Å². The second kappa shape index (κ2) is 12.2. The third-order valence-electron chi connectivity index (χ3n) is 7.01. The van der Waals surface area contributed by atoms with Gasteiger partial charge in [-0.05, 0) is 80.1 Å². The molecule has 180 valence electrons. The maximum absolute atomic E-state index is 5.55. The molecule has 1 aromatic heterocycles. The summed E-state index contributed by atoms with van der Waals surface area (Å²) < 4.78 is 0. The fourth-order valence-corrected chi connectivity index (χ4v) is 5.23. The number of fused-ring (bicyclic) bond motifs is 1. The molecule has 4 rings (SSSR count). The van der Waals surface area contributed by atoms with Crippen molar-refractivity contribution in [1.29, 1.82) is 0 Å². The number of aromatic nitrogens is 1. The fraction of sp³-hybridized carbons (Fsp3) is 0.414. The van der Waals surface area contributed by atoms with Crippen LogP contribution in [0.15, 0.2) is 60.8 Å². The largest absolute Gasteiger partial charge is 0.362 e. The van der Waals surface area contributed by atoms with Crippen molar-refractivity contribution in [3.05, 3.63) is 71.9 Å². The Labute approximate surface area is 209 Å². The highest BCUT2D eigenvalue weighted by Crippen LogP contribution is 2.31. The maximum Gasteiger partial charge on any atom is 0.170 e. The number of hydrogen-bond acceptors (Lipinski definition) is 2. The first-order valence-corrected chi connectivity index (χ1v) is 13.2. The standard InChI is InChI=1S/C29H38N4S/c1-3-25(4-2)33-18-15-23(16-19-33)27-21-31-28-14-13-24(20-26(27)28)32-29(34)30-17-9-8-12-22-10-6-5-7-11-22/h5-7,10-11,13-15,20-21,25,31H,3-4,8-9,12,16-19H2,1-2H3,(H2,30,32,34). The molecule has 5 heteroatoms. The summed E-state index contributed by atoms with van der Waals surface area (Å²) in [5, 5.41) is 8.69. The van der Waals surface area contributed by atoms with Crippen molar-refractivity contribution in [2.75, 3.05) is 25.0 Å². The lowest BCUT2D eigenvalue weighted by molar-refractivity contribution is 0.205. The smallest absolute Gasteiger partial charge is 0.170 e. The summed E-state index contributed by atoms with van der Waals surface area (Å²) in [5.74, 6) is 0. The van der Waals surface area contributed by atoms with E-state index in [1.54, 1.807) is 0 Å². The Balaban J connectivity index is 1.31. The number of unbranched alkanes of at least 4 members (excludes halogenated alkanes) is 1. The molecule has 0 saturated heterocycles. The lowest BCUT2D eigenvalue weighted by Crippen LogP contribution is -2.37. The van der Waals surface area contributed by atoms with Crippen LogP contribution in [0.5, 0.6) is 0 Å². The molecule has 0 radical (unpaired) electrons. The van der Waals surface area contributed by atoms with Crippen LogP contribution in [-0.4, -0.2) is 40.7 Å². The molecule has 1 aliphatic heterocycles. The SMILES string of the molecule is CCC(CC)N1CC=C(c2c[nH]c3ccc(NC(=S)NCCCCc4ccccc4)cc23)CC1. The first-order valence-electron chi connectivity index (χ1n) is 12.8. The zero-order valence-corrected chi connectivity index (χ0v) is 21.4. The molecule has 0 saturated carbocycles. The number of nitrogens with zero attached hydrogens (tertiary/aromatic N) is 1. The van der Waals surface area contributed by atoms with Gasteiger partial charge in [-0.1, -0.05) is 50.3 Å². The summed E-state index contributed by atoms with van der Waals surface area (Å²) in [5.41, 5.74) is 6.37. The molecule has 3 N–H and O–H groups in total. The van der Waals surface area contributed by atoms with Crippen LogP contribution in [0, 0.1) is 0 Å². The van der Waals surface area contributed by atoms with E-state index in [9.17, 15) is 0 Å². The molecule has 0 amide bonds. The molecule has 0 spiro atoms. The van der Waals surface area contributed by atoms with Crippen LogP contribution in [0.1, 0.15) is 57.1 Å². The average Bonchev–Trinajstić information content (AvgIpc) is 3.29. The number of aryl methyl sites for hydroxylation is 1. The predicted octanol–water partition coefficient (Wildman–Crippen LogP) is 6.75. The number of benzene rings is 2. The minimum Gasteiger partial charge on any atom is -0.362 e. The van der Waals surface area contributed by atoms with E-state index in [4.69, 9.17) is 12.2 Å². The summed E-state index contributed by atoms with van der Waals surface area (Å²) in [6, 6.07) is 17.8. The van der Waals surface area contributed by atoms with Crippen LogP contribution in [0.4, 0.5) is 5.69 Å². The van der Waals surface area contributed by atoms with Crippen LogP contribution >= 0.6 is 12.2 Å². The molecule has 1 aliphatic rings. The summed E-state index contributed by atoms with van der Waals surface area (Å²) in [4.78, 5) is 6.07. The van der Waals surface area contributed by atoms with Gasteiger partial charge in [0.15, 0.2) is 5.11 Å². The average molecular weight is 475 g/mol. The highest BCUT2D eigenvalue weighted by atomic mass is 32.1. The van der Waals surface area contributed by atoms with Crippen molar-refractivity contribution >= 4 is 39.5 Å². The van der Waals surface area contributed by atoms with Crippen molar-refractivity contribution in [2.45, 2.75) is 58.4 Å². The van der Waals surface area contributed by atoms with Crippen LogP contribution < -0.4 is 10.6 Å². The molecular weight excluding hydrogens is 436 g/mol. The van der Waals surface area contributed by atoms with Gasteiger partial charge in [-0.3, -0.25) is 4.90 Å².